The number of aliphatic hydroxyl groups is 1. The Labute approximate surface area is 430 Å². The van der Waals surface area contributed by atoms with Gasteiger partial charge in [0.05, 0.1) is 39.9 Å². The van der Waals surface area contributed by atoms with E-state index in [0.29, 0.717) is 17.4 Å². The third-order valence-electron chi connectivity index (χ3n) is 13.9. The maximum absolute atomic E-state index is 13.0. The number of unbranched alkanes of at least 4 members (excludes halogenated alkanes) is 41. The number of hydrogen-bond donors (Lipinski definition) is 2. The van der Waals surface area contributed by atoms with Crippen LogP contribution in [0.2, 0.25) is 0 Å². The fraction of sp³-hybridized carbons (Fsp3) is 0.917. The molecule has 1 amide bonds. The van der Waals surface area contributed by atoms with Gasteiger partial charge in [-0.25, -0.2) is 0 Å². The molecule has 0 saturated carbocycles. The Kier molecular flexibility index (Phi) is 51.1. The molecule has 3 atom stereocenters. The van der Waals surface area contributed by atoms with Crippen molar-refractivity contribution < 1.29 is 32.9 Å². The molecule has 0 fully saturated rings. The predicted octanol–water partition coefficient (Wildman–Crippen LogP) is 17.7. The summed E-state index contributed by atoms with van der Waals surface area (Å²) in [6.07, 6.45) is 65.5. The first-order valence-corrected chi connectivity index (χ1v) is 31.7. The predicted molar refractivity (Wildman–Crippen MR) is 298 cm³/mol. The Bertz CT molecular complexity index is 1170. The van der Waals surface area contributed by atoms with E-state index in [1.54, 1.807) is 6.08 Å². The molecule has 0 aromatic rings. The van der Waals surface area contributed by atoms with Crippen LogP contribution in [0, 0.1) is 0 Å². The first kappa shape index (κ1) is 68.0. The largest absolute Gasteiger partial charge is 0.756 e. The van der Waals surface area contributed by atoms with Gasteiger partial charge in [0.2, 0.25) is 5.91 Å². The van der Waals surface area contributed by atoms with Gasteiger partial charge in [-0.1, -0.05) is 289 Å². The third-order valence-corrected chi connectivity index (χ3v) is 14.9. The molecule has 0 saturated heterocycles. The van der Waals surface area contributed by atoms with Gasteiger partial charge in [-0.3, -0.25) is 9.36 Å². The SMILES string of the molecule is CCCCCCCCCCCCCCCCCC/C=C/CC/C=C/C(O)C(COP(=O)([O-])OCC[N+](C)(C)C)NC(=O)CCCCCCCCCCCCCCCCCCCCCCCCCCC. The van der Waals surface area contributed by atoms with Crippen molar-refractivity contribution in [2.75, 3.05) is 40.9 Å². The third kappa shape index (κ3) is 54.6. The molecule has 0 aliphatic heterocycles. The van der Waals surface area contributed by atoms with Crippen LogP contribution in [-0.2, 0) is 18.4 Å². The minimum atomic E-state index is -4.60. The minimum Gasteiger partial charge on any atom is -0.756 e. The number of nitrogens with zero attached hydrogens (tertiary/aromatic N) is 1. The van der Waals surface area contributed by atoms with E-state index in [0.717, 1.165) is 38.5 Å². The van der Waals surface area contributed by atoms with Crippen LogP contribution in [0.5, 0.6) is 0 Å². The lowest BCUT2D eigenvalue weighted by Crippen LogP contribution is -2.45. The van der Waals surface area contributed by atoms with Gasteiger partial charge >= 0.3 is 0 Å². The van der Waals surface area contributed by atoms with E-state index in [-0.39, 0.29) is 19.1 Å². The van der Waals surface area contributed by atoms with Gasteiger partial charge < -0.3 is 28.8 Å². The van der Waals surface area contributed by atoms with Gasteiger partial charge in [0, 0.05) is 6.42 Å². The van der Waals surface area contributed by atoms with Gasteiger partial charge in [0.25, 0.3) is 7.82 Å². The maximum Gasteiger partial charge on any atom is 0.268 e. The van der Waals surface area contributed by atoms with Gasteiger partial charge in [0.1, 0.15) is 13.2 Å². The monoisotopic (exact) mass is 995 g/mol. The van der Waals surface area contributed by atoms with E-state index < -0.39 is 20.0 Å². The van der Waals surface area contributed by atoms with Crippen LogP contribution in [0.4, 0.5) is 0 Å². The zero-order valence-corrected chi connectivity index (χ0v) is 47.7. The Morgan fingerprint density at radius 2 is 0.812 bits per heavy atom. The zero-order valence-electron chi connectivity index (χ0n) is 46.8. The number of amides is 1. The quantitative estimate of drug-likeness (QED) is 0.0272. The molecule has 0 aliphatic carbocycles. The summed E-state index contributed by atoms with van der Waals surface area (Å²) in [7, 11) is 1.26. The topological polar surface area (TPSA) is 108 Å². The maximum atomic E-state index is 13.0. The van der Waals surface area contributed by atoms with Crippen molar-refractivity contribution in [1.29, 1.82) is 0 Å². The molecule has 0 aliphatic rings. The van der Waals surface area contributed by atoms with Crippen molar-refractivity contribution in [2.45, 2.75) is 315 Å². The highest BCUT2D eigenvalue weighted by atomic mass is 31.2. The summed E-state index contributed by atoms with van der Waals surface area (Å²) in [6.45, 7) is 4.68. The highest BCUT2D eigenvalue weighted by molar-refractivity contribution is 7.45. The number of rotatable bonds is 56. The van der Waals surface area contributed by atoms with Crippen LogP contribution in [0.15, 0.2) is 24.3 Å². The molecule has 8 nitrogen and oxygen atoms in total. The molecular formula is C60H119N2O6P. The number of quaternary nitrogens is 1. The van der Waals surface area contributed by atoms with Crippen molar-refractivity contribution >= 4 is 13.7 Å². The van der Waals surface area contributed by atoms with Crippen LogP contribution < -0.4 is 10.2 Å². The summed E-state index contributed by atoms with van der Waals surface area (Å²) in [5, 5.41) is 13.9. The van der Waals surface area contributed by atoms with Crippen LogP contribution >= 0.6 is 7.82 Å². The number of carbonyl (C=O) groups is 1. The average molecular weight is 996 g/mol. The van der Waals surface area contributed by atoms with Crippen molar-refractivity contribution in [2.24, 2.45) is 0 Å². The van der Waals surface area contributed by atoms with Gasteiger partial charge in [-0.15, -0.1) is 0 Å². The van der Waals surface area contributed by atoms with Gasteiger partial charge in [-0.2, -0.15) is 0 Å². The van der Waals surface area contributed by atoms with E-state index in [9.17, 15) is 19.4 Å². The molecule has 0 heterocycles. The molecule has 0 spiro atoms. The second-order valence-electron chi connectivity index (χ2n) is 22.1. The Hall–Kier alpha value is -1.02. The number of phosphoric ester groups is 1. The molecule has 0 rings (SSSR count). The highest BCUT2D eigenvalue weighted by Gasteiger charge is 2.23. The number of phosphoric acid groups is 1. The zero-order chi connectivity index (χ0) is 50.6. The fourth-order valence-electron chi connectivity index (χ4n) is 9.17. The summed E-state index contributed by atoms with van der Waals surface area (Å²) >= 11 is 0. The smallest absolute Gasteiger partial charge is 0.268 e. The van der Waals surface area contributed by atoms with E-state index in [1.165, 1.54) is 244 Å². The molecule has 3 unspecified atom stereocenters. The van der Waals surface area contributed by atoms with E-state index in [1.807, 2.05) is 27.2 Å². The first-order valence-electron chi connectivity index (χ1n) is 30.2. The number of hydrogen-bond acceptors (Lipinski definition) is 6. The molecule has 2 N–H and O–H groups in total. The summed E-state index contributed by atoms with van der Waals surface area (Å²) in [5.41, 5.74) is 0. The number of nitrogens with one attached hydrogen (secondary N) is 1. The lowest BCUT2D eigenvalue weighted by atomic mass is 10.0. The summed E-state index contributed by atoms with van der Waals surface area (Å²) in [6, 6.07) is -0.900. The summed E-state index contributed by atoms with van der Waals surface area (Å²) in [5.74, 6) is -0.200. The van der Waals surface area contributed by atoms with Crippen LogP contribution in [0.1, 0.15) is 303 Å². The summed E-state index contributed by atoms with van der Waals surface area (Å²) in [4.78, 5) is 25.5. The second-order valence-corrected chi connectivity index (χ2v) is 23.5. The molecule has 0 bridgehead atoms. The van der Waals surface area contributed by atoms with Crippen LogP contribution in [-0.4, -0.2) is 68.5 Å². The highest BCUT2D eigenvalue weighted by Crippen LogP contribution is 2.38. The van der Waals surface area contributed by atoms with Crippen molar-refractivity contribution in [3.63, 3.8) is 0 Å². The Morgan fingerprint density at radius 3 is 1.17 bits per heavy atom. The lowest BCUT2D eigenvalue weighted by Gasteiger charge is -2.29. The van der Waals surface area contributed by atoms with Gasteiger partial charge in [0.15, 0.2) is 0 Å². The fourth-order valence-corrected chi connectivity index (χ4v) is 9.90. The van der Waals surface area contributed by atoms with Crippen LogP contribution in [0.3, 0.4) is 0 Å². The molecule has 9 heteroatoms. The minimum absolute atomic E-state index is 0.00363. The molecule has 0 aromatic carbocycles. The normalized spacial score (nSPS) is 14.0. The number of likely N-dealkylation sites (N-methyl/N-ethyl adjacent to an activating group) is 1. The van der Waals surface area contributed by atoms with E-state index in [2.05, 4.69) is 31.3 Å². The van der Waals surface area contributed by atoms with E-state index >= 15 is 0 Å². The Balaban J connectivity index is 4.18. The van der Waals surface area contributed by atoms with Crippen LogP contribution in [0.25, 0.3) is 0 Å². The number of allylic oxidation sites excluding steroid dienone is 3. The van der Waals surface area contributed by atoms with Crippen molar-refractivity contribution in [3.05, 3.63) is 24.3 Å². The first-order chi connectivity index (χ1) is 33.5. The average Bonchev–Trinajstić information content (AvgIpc) is 3.31. The second kappa shape index (κ2) is 51.9. The van der Waals surface area contributed by atoms with E-state index in [4.69, 9.17) is 9.05 Å². The number of carbonyl (C=O) groups excluding carboxylic acids is 1. The lowest BCUT2D eigenvalue weighted by molar-refractivity contribution is -0.870. The Morgan fingerprint density at radius 1 is 0.493 bits per heavy atom. The molecular weight excluding hydrogens is 876 g/mol. The van der Waals surface area contributed by atoms with Crippen molar-refractivity contribution in [1.82, 2.24) is 5.32 Å². The molecule has 410 valence electrons. The molecule has 0 aromatic heterocycles. The number of aliphatic hydroxyl groups excluding tert-OH is 1. The molecule has 0 radical (unpaired) electrons. The molecule has 69 heavy (non-hydrogen) atoms. The van der Waals surface area contributed by atoms with Gasteiger partial charge in [-0.05, 0) is 32.1 Å². The van der Waals surface area contributed by atoms with Crippen molar-refractivity contribution in [3.8, 4) is 0 Å². The standard InChI is InChI=1S/C60H119N2O6P/c1-6-8-10-12-14-16-18-20-22-24-26-28-30-31-32-34-36-38-40-42-44-46-48-50-52-54-60(64)61-58(57-68-69(65,66)67-56-55-62(3,4)5)59(63)53-51-49-47-45-43-41-39-37-35-33-29-27-25-23-21-19-17-15-13-11-9-7-2/h43,45,51,53,58-59,63H,6-42,44,46-50,52,54-57H2,1-5H3,(H-,61,64,65,66)/b45-43+,53-51+. The summed E-state index contributed by atoms with van der Waals surface area (Å²) < 4.78 is 23.4.